The molecule has 0 aliphatic carbocycles. The molecule has 2 aromatic carbocycles. The van der Waals surface area contributed by atoms with E-state index >= 15 is 0 Å². The number of halogens is 2. The second-order valence-corrected chi connectivity index (χ2v) is 6.12. The van der Waals surface area contributed by atoms with Gasteiger partial charge in [-0.15, -0.1) is 0 Å². The Labute approximate surface area is 150 Å². The molecule has 0 heterocycles. The minimum atomic E-state index is -0.432. The molecule has 4 nitrogen and oxygen atoms in total. The van der Waals surface area contributed by atoms with E-state index in [-0.39, 0.29) is 0 Å². The van der Waals surface area contributed by atoms with Crippen LogP contribution in [0.15, 0.2) is 48.5 Å². The van der Waals surface area contributed by atoms with Crippen molar-refractivity contribution in [1.82, 2.24) is 5.06 Å². The highest BCUT2D eigenvalue weighted by Crippen LogP contribution is 2.28. The van der Waals surface area contributed by atoms with Gasteiger partial charge < -0.3 is 4.74 Å². The van der Waals surface area contributed by atoms with Crippen LogP contribution in [0.5, 0.6) is 11.5 Å². The molecule has 24 heavy (non-hydrogen) atoms. The van der Waals surface area contributed by atoms with E-state index < -0.39 is 11.9 Å². The van der Waals surface area contributed by atoms with E-state index in [2.05, 4.69) is 0 Å². The van der Waals surface area contributed by atoms with E-state index in [1.165, 1.54) is 6.92 Å². The van der Waals surface area contributed by atoms with Gasteiger partial charge in [0.15, 0.2) is 0 Å². The van der Waals surface area contributed by atoms with Gasteiger partial charge in [-0.1, -0.05) is 47.5 Å². The molecule has 0 aromatic heterocycles. The summed E-state index contributed by atoms with van der Waals surface area (Å²) in [5.41, 5.74) is 0.865. The van der Waals surface area contributed by atoms with Gasteiger partial charge in [0.25, 0.3) is 0 Å². The van der Waals surface area contributed by atoms with Gasteiger partial charge in [0.2, 0.25) is 5.91 Å². The number of benzene rings is 2. The molecular weight excluding hydrogens is 349 g/mol. The molecule has 6 heteroatoms. The van der Waals surface area contributed by atoms with Crippen LogP contribution >= 0.6 is 23.2 Å². The zero-order valence-electron chi connectivity index (χ0n) is 13.2. The summed E-state index contributed by atoms with van der Waals surface area (Å²) < 4.78 is 5.76. The lowest BCUT2D eigenvalue weighted by Gasteiger charge is -2.17. The van der Waals surface area contributed by atoms with E-state index in [1.54, 1.807) is 37.3 Å². The smallest absolute Gasteiger partial charge is 0.243 e. The number of amides is 1. The summed E-state index contributed by atoms with van der Waals surface area (Å²) in [6.45, 7) is 3.02. The Hall–Kier alpha value is -2.01. The highest BCUT2D eigenvalue weighted by atomic mass is 35.5. The van der Waals surface area contributed by atoms with Crippen molar-refractivity contribution in [2.45, 2.75) is 19.9 Å². The number of carbonyl (C=O) groups is 1. The van der Waals surface area contributed by atoms with Gasteiger partial charge in [0.05, 0.1) is 6.04 Å². The van der Waals surface area contributed by atoms with Crippen LogP contribution in [0.1, 0.15) is 19.4 Å². The predicted octanol–water partition coefficient (Wildman–Crippen LogP) is 5.43. The molecule has 1 amide bonds. The monoisotopic (exact) mass is 365 g/mol. The molecule has 1 N–H and O–H groups in total. The van der Waals surface area contributed by atoms with Gasteiger partial charge >= 0.3 is 0 Å². The van der Waals surface area contributed by atoms with Crippen molar-refractivity contribution in [2.24, 2.45) is 0 Å². The van der Waals surface area contributed by atoms with Crippen LogP contribution in [0.25, 0.3) is 6.08 Å². The van der Waals surface area contributed by atoms with E-state index in [4.69, 9.17) is 27.9 Å². The van der Waals surface area contributed by atoms with Crippen molar-refractivity contribution in [2.75, 3.05) is 0 Å². The molecule has 126 valence electrons. The van der Waals surface area contributed by atoms with E-state index in [0.29, 0.717) is 26.6 Å². The molecule has 0 aliphatic heterocycles. The summed E-state index contributed by atoms with van der Waals surface area (Å²) in [6.07, 6.45) is 3.52. The lowest BCUT2D eigenvalue weighted by molar-refractivity contribution is -0.167. The van der Waals surface area contributed by atoms with Gasteiger partial charge in [-0.3, -0.25) is 10.0 Å². The molecule has 0 saturated carbocycles. The second kappa shape index (κ2) is 8.20. The van der Waals surface area contributed by atoms with E-state index in [9.17, 15) is 10.0 Å². The molecule has 0 bridgehead atoms. The quantitative estimate of drug-likeness (QED) is 0.567. The minimum Gasteiger partial charge on any atom is -0.457 e. The lowest BCUT2D eigenvalue weighted by atomic mass is 10.1. The van der Waals surface area contributed by atoms with Gasteiger partial charge in [-0.2, -0.15) is 0 Å². The Bertz CT molecular complexity index is 741. The molecule has 1 unspecified atom stereocenters. The van der Waals surface area contributed by atoms with Gasteiger partial charge in [-0.05, 0) is 42.8 Å². The van der Waals surface area contributed by atoms with Gasteiger partial charge in [-0.25, -0.2) is 5.06 Å². The Morgan fingerprint density at radius 2 is 1.83 bits per heavy atom. The first-order valence-electron chi connectivity index (χ1n) is 7.26. The first-order valence-corrected chi connectivity index (χ1v) is 8.01. The molecule has 2 rings (SSSR count). The average Bonchev–Trinajstić information content (AvgIpc) is 2.51. The van der Waals surface area contributed by atoms with Crippen molar-refractivity contribution in [3.63, 3.8) is 0 Å². The van der Waals surface area contributed by atoms with E-state index in [0.717, 1.165) is 5.56 Å². The standard InChI is InChI=1S/C18H17Cl2NO3/c1-12(21(23)13(2)22)6-7-14-4-3-5-17(8-14)24-18-10-15(19)9-16(20)11-18/h3-12,23H,1-2H3. The molecule has 0 saturated heterocycles. The Kier molecular flexibility index (Phi) is 6.26. The highest BCUT2D eigenvalue weighted by molar-refractivity contribution is 6.34. The van der Waals surface area contributed by atoms with Crippen LogP contribution in [0.4, 0.5) is 0 Å². The fourth-order valence-electron chi connectivity index (χ4n) is 2.02. The fraction of sp³-hybridized carbons (Fsp3) is 0.167. The largest absolute Gasteiger partial charge is 0.457 e. The molecule has 1 atom stereocenters. The maximum atomic E-state index is 11.1. The van der Waals surface area contributed by atoms with Crippen molar-refractivity contribution < 1.29 is 14.7 Å². The topological polar surface area (TPSA) is 49.8 Å². The van der Waals surface area contributed by atoms with Crippen molar-refractivity contribution in [3.8, 4) is 11.5 Å². The summed E-state index contributed by atoms with van der Waals surface area (Å²) >= 11 is 11.9. The number of carbonyl (C=O) groups excluding carboxylic acids is 1. The average molecular weight is 366 g/mol. The van der Waals surface area contributed by atoms with Crippen LogP contribution in [0, 0.1) is 0 Å². The summed E-state index contributed by atoms with van der Waals surface area (Å²) in [6, 6.07) is 11.9. The Morgan fingerprint density at radius 3 is 2.46 bits per heavy atom. The third kappa shape index (κ3) is 5.27. The number of ether oxygens (including phenoxy) is 1. The summed E-state index contributed by atoms with van der Waals surface area (Å²) in [5, 5.41) is 11.2. The molecular formula is C18H17Cl2NO3. The van der Waals surface area contributed by atoms with Crippen molar-refractivity contribution in [1.29, 1.82) is 0 Å². The zero-order chi connectivity index (χ0) is 17.7. The molecule has 2 aromatic rings. The van der Waals surface area contributed by atoms with Gasteiger partial charge in [0.1, 0.15) is 11.5 Å². The first kappa shape index (κ1) is 18.3. The molecule has 0 fully saturated rings. The van der Waals surface area contributed by atoms with Crippen LogP contribution in [-0.4, -0.2) is 22.2 Å². The molecule has 0 spiro atoms. The second-order valence-electron chi connectivity index (χ2n) is 5.24. The number of hydrogen-bond donors (Lipinski definition) is 1. The molecule has 0 radical (unpaired) electrons. The summed E-state index contributed by atoms with van der Waals surface area (Å²) in [4.78, 5) is 11.1. The first-order chi connectivity index (χ1) is 11.3. The molecule has 0 aliphatic rings. The highest BCUT2D eigenvalue weighted by Gasteiger charge is 2.10. The number of rotatable bonds is 5. The third-order valence-electron chi connectivity index (χ3n) is 3.21. The third-order valence-corrected chi connectivity index (χ3v) is 3.64. The Balaban J connectivity index is 2.12. The normalized spacial score (nSPS) is 12.2. The maximum absolute atomic E-state index is 11.1. The number of hydrogen-bond acceptors (Lipinski definition) is 3. The predicted molar refractivity (Wildman–Crippen MR) is 95.8 cm³/mol. The van der Waals surface area contributed by atoms with E-state index in [1.807, 2.05) is 24.3 Å². The van der Waals surface area contributed by atoms with Crippen LogP contribution < -0.4 is 4.74 Å². The summed E-state index contributed by atoms with van der Waals surface area (Å²) in [7, 11) is 0. The number of nitrogens with zero attached hydrogens (tertiary/aromatic N) is 1. The zero-order valence-corrected chi connectivity index (χ0v) is 14.8. The lowest BCUT2D eigenvalue weighted by Crippen LogP contribution is -2.32. The minimum absolute atomic E-state index is 0.415. The Morgan fingerprint density at radius 1 is 1.17 bits per heavy atom. The van der Waals surface area contributed by atoms with Crippen molar-refractivity contribution >= 4 is 35.2 Å². The summed E-state index contributed by atoms with van der Waals surface area (Å²) in [5.74, 6) is 0.748. The van der Waals surface area contributed by atoms with Crippen LogP contribution in [0.2, 0.25) is 10.0 Å². The van der Waals surface area contributed by atoms with Crippen LogP contribution in [-0.2, 0) is 4.79 Å². The SMILES string of the molecule is CC(=O)N(O)C(C)C=Cc1cccc(Oc2cc(Cl)cc(Cl)c2)c1. The number of hydroxylamine groups is 2. The van der Waals surface area contributed by atoms with Gasteiger partial charge in [0, 0.05) is 17.0 Å². The van der Waals surface area contributed by atoms with Crippen LogP contribution in [0.3, 0.4) is 0 Å². The maximum Gasteiger partial charge on any atom is 0.243 e. The fourth-order valence-corrected chi connectivity index (χ4v) is 2.53. The van der Waals surface area contributed by atoms with Crippen molar-refractivity contribution in [3.05, 3.63) is 64.1 Å².